The van der Waals surface area contributed by atoms with Crippen LogP contribution in [0.2, 0.25) is 5.15 Å². The van der Waals surface area contributed by atoms with Crippen molar-refractivity contribution < 1.29 is 0 Å². The molecule has 0 amide bonds. The summed E-state index contributed by atoms with van der Waals surface area (Å²) in [5, 5.41) is 1.46. The lowest BCUT2D eigenvalue weighted by Gasteiger charge is -2.05. The van der Waals surface area contributed by atoms with Crippen molar-refractivity contribution in [2.45, 2.75) is 26.3 Å². The Balaban J connectivity index is 2.33. The molecule has 0 saturated carbocycles. The largest absolute Gasteiger partial charge is 0.326 e. The van der Waals surface area contributed by atoms with Gasteiger partial charge in [-0.1, -0.05) is 49.7 Å². The highest BCUT2D eigenvalue weighted by Crippen LogP contribution is 2.31. The molecule has 0 atom stereocenters. The van der Waals surface area contributed by atoms with Gasteiger partial charge in [-0.05, 0) is 11.5 Å². The summed E-state index contributed by atoms with van der Waals surface area (Å²) in [5.74, 6) is 0.545. The first-order valence-corrected chi connectivity index (χ1v) is 6.77. The fraction of sp³-hybridized carbons (Fsp3) is 0.308. The third kappa shape index (κ3) is 2.68. The van der Waals surface area contributed by atoms with E-state index in [1.165, 1.54) is 5.56 Å². The highest BCUT2D eigenvalue weighted by molar-refractivity contribution is 7.15. The zero-order valence-corrected chi connectivity index (χ0v) is 11.5. The van der Waals surface area contributed by atoms with Crippen LogP contribution in [0.25, 0.3) is 10.6 Å². The van der Waals surface area contributed by atoms with Gasteiger partial charge in [0.05, 0.1) is 4.88 Å². The number of rotatable bonds is 3. The minimum Gasteiger partial charge on any atom is -0.326 e. The zero-order valence-electron chi connectivity index (χ0n) is 9.90. The number of hydrogen-bond donors (Lipinski definition) is 1. The summed E-state index contributed by atoms with van der Waals surface area (Å²) >= 11 is 7.55. The Bertz CT molecular complexity index is 503. The smallest absolute Gasteiger partial charge is 0.145 e. The summed E-state index contributed by atoms with van der Waals surface area (Å²) in [4.78, 5) is 5.27. The molecule has 0 spiro atoms. The highest BCUT2D eigenvalue weighted by Gasteiger charge is 2.09. The summed E-state index contributed by atoms with van der Waals surface area (Å²) in [6, 6.07) is 8.45. The predicted octanol–water partition coefficient (Wildman–Crippen LogP) is 4.05. The van der Waals surface area contributed by atoms with Gasteiger partial charge in [0.25, 0.3) is 0 Å². The van der Waals surface area contributed by atoms with Crippen molar-refractivity contribution in [1.29, 1.82) is 0 Å². The Labute approximate surface area is 110 Å². The number of aromatic nitrogens is 1. The van der Waals surface area contributed by atoms with Gasteiger partial charge in [-0.15, -0.1) is 11.3 Å². The summed E-state index contributed by atoms with van der Waals surface area (Å²) < 4.78 is 0. The lowest BCUT2D eigenvalue weighted by molar-refractivity contribution is 0.867. The average molecular weight is 267 g/mol. The van der Waals surface area contributed by atoms with Gasteiger partial charge in [0.1, 0.15) is 10.2 Å². The molecule has 0 radical (unpaired) electrons. The maximum absolute atomic E-state index is 6.00. The van der Waals surface area contributed by atoms with Crippen LogP contribution in [0.3, 0.4) is 0 Å². The molecular weight excluding hydrogens is 252 g/mol. The molecule has 1 aromatic heterocycles. The Hall–Kier alpha value is -0.900. The molecule has 1 aromatic carbocycles. The van der Waals surface area contributed by atoms with Crippen LogP contribution in [-0.2, 0) is 6.54 Å². The van der Waals surface area contributed by atoms with E-state index in [4.69, 9.17) is 17.3 Å². The number of hydrogen-bond acceptors (Lipinski definition) is 3. The van der Waals surface area contributed by atoms with Crippen LogP contribution in [0.4, 0.5) is 0 Å². The fourth-order valence-electron chi connectivity index (χ4n) is 1.59. The van der Waals surface area contributed by atoms with Crippen molar-refractivity contribution in [3.05, 3.63) is 39.9 Å². The fourth-order valence-corrected chi connectivity index (χ4v) is 2.76. The van der Waals surface area contributed by atoms with E-state index >= 15 is 0 Å². The normalized spacial score (nSPS) is 11.1. The van der Waals surface area contributed by atoms with E-state index in [0.717, 1.165) is 15.4 Å². The maximum Gasteiger partial charge on any atom is 0.145 e. The van der Waals surface area contributed by atoms with E-state index < -0.39 is 0 Å². The van der Waals surface area contributed by atoms with Crippen LogP contribution in [0.15, 0.2) is 24.3 Å². The summed E-state index contributed by atoms with van der Waals surface area (Å²) in [6.07, 6.45) is 0. The van der Waals surface area contributed by atoms with Crippen LogP contribution < -0.4 is 5.73 Å². The van der Waals surface area contributed by atoms with Crippen molar-refractivity contribution >= 4 is 22.9 Å². The van der Waals surface area contributed by atoms with Gasteiger partial charge >= 0.3 is 0 Å². The molecule has 2 N–H and O–H groups in total. The van der Waals surface area contributed by atoms with Crippen molar-refractivity contribution in [2.75, 3.05) is 0 Å². The van der Waals surface area contributed by atoms with E-state index in [2.05, 4.69) is 43.1 Å². The Kier molecular flexibility index (Phi) is 3.82. The molecule has 4 heteroatoms. The topological polar surface area (TPSA) is 38.9 Å². The monoisotopic (exact) mass is 266 g/mol. The minimum absolute atomic E-state index is 0.445. The summed E-state index contributed by atoms with van der Waals surface area (Å²) in [7, 11) is 0. The molecule has 2 rings (SSSR count). The predicted molar refractivity (Wildman–Crippen MR) is 74.5 cm³/mol. The van der Waals surface area contributed by atoms with Crippen LogP contribution >= 0.6 is 22.9 Å². The Morgan fingerprint density at radius 1 is 1.29 bits per heavy atom. The zero-order chi connectivity index (χ0) is 12.4. The van der Waals surface area contributed by atoms with Gasteiger partial charge < -0.3 is 5.73 Å². The third-order valence-electron chi connectivity index (χ3n) is 2.66. The first-order chi connectivity index (χ1) is 8.11. The molecule has 2 nitrogen and oxygen atoms in total. The molecule has 0 saturated heterocycles. The van der Waals surface area contributed by atoms with Gasteiger partial charge in [0.15, 0.2) is 0 Å². The van der Waals surface area contributed by atoms with E-state index in [9.17, 15) is 0 Å². The molecule has 0 unspecified atom stereocenters. The SMILES string of the molecule is CC(C)c1ccc(-c2nc(Cl)c(CN)s2)cc1. The molecule has 0 fully saturated rings. The molecule has 2 aromatic rings. The molecule has 0 bridgehead atoms. The molecule has 0 aliphatic rings. The molecule has 17 heavy (non-hydrogen) atoms. The van der Waals surface area contributed by atoms with Gasteiger partial charge in [0, 0.05) is 12.1 Å². The minimum atomic E-state index is 0.445. The molecule has 1 heterocycles. The highest BCUT2D eigenvalue weighted by atomic mass is 35.5. The van der Waals surface area contributed by atoms with Crippen LogP contribution in [0, 0.1) is 0 Å². The molecular formula is C13H15ClN2S. The second-order valence-corrected chi connectivity index (χ2v) is 5.66. The Morgan fingerprint density at radius 3 is 2.41 bits per heavy atom. The number of thiazole rings is 1. The lowest BCUT2D eigenvalue weighted by Crippen LogP contribution is -1.92. The molecule has 0 aliphatic heterocycles. The van der Waals surface area contributed by atoms with Gasteiger partial charge in [-0.25, -0.2) is 4.98 Å². The van der Waals surface area contributed by atoms with Crippen LogP contribution in [0.5, 0.6) is 0 Å². The van der Waals surface area contributed by atoms with E-state index in [1.54, 1.807) is 11.3 Å². The van der Waals surface area contributed by atoms with E-state index in [1.807, 2.05) is 0 Å². The van der Waals surface area contributed by atoms with Crippen LogP contribution in [-0.4, -0.2) is 4.98 Å². The van der Waals surface area contributed by atoms with Crippen molar-refractivity contribution in [2.24, 2.45) is 5.73 Å². The first-order valence-electron chi connectivity index (χ1n) is 5.57. The van der Waals surface area contributed by atoms with E-state index in [-0.39, 0.29) is 0 Å². The summed E-state index contributed by atoms with van der Waals surface area (Å²) in [5.41, 5.74) is 8.02. The van der Waals surface area contributed by atoms with Crippen LogP contribution in [0.1, 0.15) is 30.2 Å². The second-order valence-electron chi connectivity index (χ2n) is 4.21. The number of benzene rings is 1. The summed E-state index contributed by atoms with van der Waals surface area (Å²) in [6.45, 7) is 4.81. The van der Waals surface area contributed by atoms with Gasteiger partial charge in [0.2, 0.25) is 0 Å². The van der Waals surface area contributed by atoms with Crippen molar-refractivity contribution in [1.82, 2.24) is 4.98 Å². The van der Waals surface area contributed by atoms with Crippen molar-refractivity contribution in [3.63, 3.8) is 0 Å². The second kappa shape index (κ2) is 5.17. The first kappa shape index (κ1) is 12.6. The lowest BCUT2D eigenvalue weighted by atomic mass is 10.0. The third-order valence-corrected chi connectivity index (χ3v) is 4.21. The quantitative estimate of drug-likeness (QED) is 0.910. The Morgan fingerprint density at radius 2 is 1.94 bits per heavy atom. The maximum atomic E-state index is 6.00. The van der Waals surface area contributed by atoms with Gasteiger partial charge in [-0.3, -0.25) is 0 Å². The number of nitrogens with two attached hydrogens (primary N) is 1. The van der Waals surface area contributed by atoms with E-state index in [0.29, 0.717) is 17.6 Å². The standard InChI is InChI=1S/C13H15ClN2S/c1-8(2)9-3-5-10(6-4-9)13-16-12(14)11(7-15)17-13/h3-6,8H,7,15H2,1-2H3. The van der Waals surface area contributed by atoms with Gasteiger partial charge in [-0.2, -0.15) is 0 Å². The molecule has 0 aliphatic carbocycles. The van der Waals surface area contributed by atoms with Crippen molar-refractivity contribution in [3.8, 4) is 10.6 Å². The average Bonchev–Trinajstić information content (AvgIpc) is 2.70. The number of halogens is 1. The number of nitrogens with zero attached hydrogens (tertiary/aromatic N) is 1. The molecule has 90 valence electrons.